The van der Waals surface area contributed by atoms with Crippen LogP contribution in [0.2, 0.25) is 10.0 Å². The minimum absolute atomic E-state index is 0.121. The molecule has 6 nitrogen and oxygen atoms in total. The van der Waals surface area contributed by atoms with Gasteiger partial charge in [-0.25, -0.2) is 9.97 Å². The van der Waals surface area contributed by atoms with Crippen LogP contribution in [0.25, 0.3) is 0 Å². The van der Waals surface area contributed by atoms with Gasteiger partial charge in [-0.15, -0.1) is 0 Å². The largest absolute Gasteiger partial charge is 0.472 e. The summed E-state index contributed by atoms with van der Waals surface area (Å²) in [5.41, 5.74) is 0.842. The van der Waals surface area contributed by atoms with Gasteiger partial charge in [-0.1, -0.05) is 29.3 Å². The van der Waals surface area contributed by atoms with Crippen molar-refractivity contribution < 1.29 is 14.3 Å². The normalized spacial score (nSPS) is 10.2. The van der Waals surface area contributed by atoms with Gasteiger partial charge < -0.3 is 14.8 Å². The Bertz CT molecular complexity index is 683. The van der Waals surface area contributed by atoms with Crippen molar-refractivity contribution in [3.8, 4) is 11.8 Å². The second-order valence-electron chi connectivity index (χ2n) is 4.54. The average molecular weight is 356 g/mol. The zero-order valence-corrected chi connectivity index (χ0v) is 13.9. The molecule has 0 saturated carbocycles. The first-order chi connectivity index (χ1) is 11.1. The summed E-state index contributed by atoms with van der Waals surface area (Å²) in [5, 5.41) is 3.56. The van der Waals surface area contributed by atoms with E-state index in [9.17, 15) is 4.79 Å². The lowest BCUT2D eigenvalue weighted by molar-refractivity contribution is -0.119. The lowest BCUT2D eigenvalue weighted by Gasteiger charge is -2.11. The Hall–Kier alpha value is -2.05. The number of aromatic nitrogens is 2. The summed E-state index contributed by atoms with van der Waals surface area (Å²) in [6, 6.07) is 5.23. The van der Waals surface area contributed by atoms with Crippen molar-refractivity contribution in [1.29, 1.82) is 0 Å². The second-order valence-corrected chi connectivity index (χ2v) is 5.35. The highest BCUT2D eigenvalue weighted by Gasteiger charge is 2.09. The summed E-state index contributed by atoms with van der Waals surface area (Å²) in [4.78, 5) is 19.0. The molecule has 1 N–H and O–H groups in total. The molecular formula is C15H15Cl2N3O3. The van der Waals surface area contributed by atoms with Crippen molar-refractivity contribution in [2.75, 3.05) is 13.2 Å². The summed E-state index contributed by atoms with van der Waals surface area (Å²) in [7, 11) is 0. The van der Waals surface area contributed by atoms with Crippen LogP contribution in [0.5, 0.6) is 11.8 Å². The Balaban J connectivity index is 1.94. The molecule has 1 heterocycles. The molecule has 8 heteroatoms. The van der Waals surface area contributed by atoms with Gasteiger partial charge in [0, 0.05) is 19.3 Å². The van der Waals surface area contributed by atoms with Crippen molar-refractivity contribution in [2.24, 2.45) is 0 Å². The van der Waals surface area contributed by atoms with E-state index in [1.54, 1.807) is 12.1 Å². The molecule has 0 fully saturated rings. The van der Waals surface area contributed by atoms with E-state index in [2.05, 4.69) is 15.3 Å². The zero-order chi connectivity index (χ0) is 16.7. The third-order valence-corrected chi connectivity index (χ3v) is 3.45. The van der Waals surface area contributed by atoms with Crippen LogP contribution in [0, 0.1) is 0 Å². The quantitative estimate of drug-likeness (QED) is 0.773. The van der Waals surface area contributed by atoms with E-state index in [-0.39, 0.29) is 30.9 Å². The van der Waals surface area contributed by atoms with Gasteiger partial charge in [0.05, 0.1) is 16.6 Å². The number of nitrogens with zero attached hydrogens (tertiary/aromatic N) is 2. The maximum atomic E-state index is 10.8. The number of carbonyl (C=O) groups is 1. The molecule has 0 bridgehead atoms. The molecular weight excluding hydrogens is 341 g/mol. The van der Waals surface area contributed by atoms with Gasteiger partial charge in [0.15, 0.2) is 0 Å². The lowest BCUT2D eigenvalue weighted by atomic mass is 10.2. The van der Waals surface area contributed by atoms with Crippen LogP contribution < -0.4 is 14.8 Å². The van der Waals surface area contributed by atoms with Crippen LogP contribution in [0.1, 0.15) is 12.5 Å². The SMILES string of the molecule is CC(=O)NCCOc1nccnc1OCc1ccc(Cl)c(Cl)c1. The highest BCUT2D eigenvalue weighted by Crippen LogP contribution is 2.25. The molecule has 0 saturated heterocycles. The molecule has 0 aliphatic heterocycles. The first kappa shape index (κ1) is 17.3. The van der Waals surface area contributed by atoms with Gasteiger partial charge in [-0.05, 0) is 17.7 Å². The fraction of sp³-hybridized carbons (Fsp3) is 0.267. The maximum Gasteiger partial charge on any atom is 0.278 e. The van der Waals surface area contributed by atoms with E-state index in [0.29, 0.717) is 16.6 Å². The second kappa shape index (κ2) is 8.55. The highest BCUT2D eigenvalue weighted by molar-refractivity contribution is 6.42. The van der Waals surface area contributed by atoms with E-state index < -0.39 is 0 Å². The molecule has 2 rings (SSSR count). The Morgan fingerprint density at radius 2 is 1.83 bits per heavy atom. The molecule has 122 valence electrons. The number of hydrogen-bond acceptors (Lipinski definition) is 5. The number of hydrogen-bond donors (Lipinski definition) is 1. The molecule has 1 aromatic heterocycles. The van der Waals surface area contributed by atoms with Gasteiger partial charge in [-0.2, -0.15) is 0 Å². The zero-order valence-electron chi connectivity index (χ0n) is 12.4. The minimum Gasteiger partial charge on any atom is -0.472 e. The maximum absolute atomic E-state index is 10.8. The third-order valence-electron chi connectivity index (χ3n) is 2.71. The number of halogens is 2. The highest BCUT2D eigenvalue weighted by atomic mass is 35.5. The van der Waals surface area contributed by atoms with Crippen LogP contribution in [0.4, 0.5) is 0 Å². The number of rotatable bonds is 7. The number of amides is 1. The predicted octanol–water partition coefficient (Wildman–Crippen LogP) is 2.88. The Morgan fingerprint density at radius 3 is 2.48 bits per heavy atom. The van der Waals surface area contributed by atoms with Crippen LogP contribution in [-0.2, 0) is 11.4 Å². The summed E-state index contributed by atoms with van der Waals surface area (Å²) in [6.45, 7) is 2.32. The van der Waals surface area contributed by atoms with Gasteiger partial charge in [0.25, 0.3) is 11.8 Å². The number of nitrogens with one attached hydrogen (secondary N) is 1. The van der Waals surface area contributed by atoms with Gasteiger partial charge in [0.1, 0.15) is 13.2 Å². The molecule has 0 aliphatic rings. The Labute approximate surface area is 143 Å². The first-order valence-corrected chi connectivity index (χ1v) is 7.57. The summed E-state index contributed by atoms with van der Waals surface area (Å²) in [6.07, 6.45) is 3.00. The molecule has 0 radical (unpaired) electrons. The van der Waals surface area contributed by atoms with Crippen molar-refractivity contribution in [3.63, 3.8) is 0 Å². The van der Waals surface area contributed by atoms with Crippen LogP contribution in [-0.4, -0.2) is 29.0 Å². The van der Waals surface area contributed by atoms with Gasteiger partial charge in [-0.3, -0.25) is 4.79 Å². The molecule has 0 spiro atoms. The van der Waals surface area contributed by atoms with E-state index in [4.69, 9.17) is 32.7 Å². The number of carbonyl (C=O) groups excluding carboxylic acids is 1. The van der Waals surface area contributed by atoms with Crippen molar-refractivity contribution in [3.05, 3.63) is 46.2 Å². The molecule has 0 atom stereocenters. The van der Waals surface area contributed by atoms with E-state index >= 15 is 0 Å². The van der Waals surface area contributed by atoms with Crippen molar-refractivity contribution in [1.82, 2.24) is 15.3 Å². The third kappa shape index (κ3) is 5.58. The summed E-state index contributed by atoms with van der Waals surface area (Å²) < 4.78 is 11.1. The summed E-state index contributed by atoms with van der Waals surface area (Å²) >= 11 is 11.8. The fourth-order valence-corrected chi connectivity index (χ4v) is 1.99. The van der Waals surface area contributed by atoms with Crippen LogP contribution in [0.15, 0.2) is 30.6 Å². The molecule has 1 aromatic carbocycles. The Morgan fingerprint density at radius 1 is 1.13 bits per heavy atom. The smallest absolute Gasteiger partial charge is 0.278 e. The summed E-state index contributed by atoms with van der Waals surface area (Å²) in [5.74, 6) is 0.406. The van der Waals surface area contributed by atoms with E-state index in [1.807, 2.05) is 6.07 Å². The van der Waals surface area contributed by atoms with Gasteiger partial charge in [0.2, 0.25) is 5.91 Å². The lowest BCUT2D eigenvalue weighted by Crippen LogP contribution is -2.25. The average Bonchev–Trinajstić information content (AvgIpc) is 2.53. The first-order valence-electron chi connectivity index (χ1n) is 6.81. The van der Waals surface area contributed by atoms with Crippen molar-refractivity contribution >= 4 is 29.1 Å². The molecule has 0 unspecified atom stereocenters. The van der Waals surface area contributed by atoms with E-state index in [0.717, 1.165) is 5.56 Å². The van der Waals surface area contributed by atoms with Gasteiger partial charge >= 0.3 is 0 Å². The topological polar surface area (TPSA) is 73.3 Å². The van der Waals surface area contributed by atoms with Crippen molar-refractivity contribution in [2.45, 2.75) is 13.5 Å². The van der Waals surface area contributed by atoms with Crippen LogP contribution >= 0.6 is 23.2 Å². The number of ether oxygens (including phenoxy) is 2. The van der Waals surface area contributed by atoms with Crippen LogP contribution in [0.3, 0.4) is 0 Å². The minimum atomic E-state index is -0.121. The Kier molecular flexibility index (Phi) is 6.43. The monoisotopic (exact) mass is 355 g/mol. The molecule has 1 amide bonds. The van der Waals surface area contributed by atoms with E-state index in [1.165, 1.54) is 19.3 Å². The number of benzene rings is 1. The standard InChI is InChI=1S/C15H15Cl2N3O3/c1-10(21)18-6-7-22-14-15(20-5-4-19-14)23-9-11-2-3-12(16)13(17)8-11/h2-5,8H,6-7,9H2,1H3,(H,18,21). The fourth-order valence-electron chi connectivity index (χ4n) is 1.67. The predicted molar refractivity (Wildman–Crippen MR) is 87.0 cm³/mol. The molecule has 2 aromatic rings. The molecule has 0 aliphatic carbocycles. The molecule has 23 heavy (non-hydrogen) atoms.